The molecule has 0 spiro atoms. The lowest BCUT2D eigenvalue weighted by atomic mass is 9.99. The highest BCUT2D eigenvalue weighted by atomic mass is 32.1. The highest BCUT2D eigenvalue weighted by Gasteiger charge is 2.36. The first-order valence-corrected chi connectivity index (χ1v) is 10.9. The van der Waals surface area contributed by atoms with Crippen molar-refractivity contribution >= 4 is 32.7 Å². The van der Waals surface area contributed by atoms with Crippen LogP contribution in [0, 0.1) is 11.6 Å². The molecule has 11 heteroatoms. The lowest BCUT2D eigenvalue weighted by Crippen LogP contribution is -2.55. The van der Waals surface area contributed by atoms with Crippen molar-refractivity contribution in [2.24, 2.45) is 0 Å². The zero-order valence-corrected chi connectivity index (χ0v) is 18.2. The second kappa shape index (κ2) is 9.02. The zero-order chi connectivity index (χ0) is 23.0. The predicted molar refractivity (Wildman–Crippen MR) is 116 cm³/mol. The van der Waals surface area contributed by atoms with E-state index in [1.807, 2.05) is 6.92 Å². The Labute approximate surface area is 186 Å². The van der Waals surface area contributed by atoms with Gasteiger partial charge in [0, 0.05) is 37.0 Å². The number of piperazine rings is 1. The van der Waals surface area contributed by atoms with E-state index in [0.717, 1.165) is 10.8 Å². The molecule has 2 amide bonds. The van der Waals surface area contributed by atoms with Crippen molar-refractivity contribution < 1.29 is 23.8 Å². The van der Waals surface area contributed by atoms with Crippen LogP contribution in [0.2, 0.25) is 0 Å². The summed E-state index contributed by atoms with van der Waals surface area (Å²) in [5.41, 5.74) is 0.638. The van der Waals surface area contributed by atoms with Crippen molar-refractivity contribution in [2.45, 2.75) is 38.1 Å². The first kappa shape index (κ1) is 22.5. The second-order valence-corrected chi connectivity index (χ2v) is 8.79. The van der Waals surface area contributed by atoms with Crippen molar-refractivity contribution in [1.29, 1.82) is 0 Å². The second-order valence-electron chi connectivity index (χ2n) is 7.76. The quantitative estimate of drug-likeness (QED) is 0.474. The molecule has 2 unspecified atom stereocenters. The smallest absolute Gasteiger partial charge is 0.324 e. The van der Waals surface area contributed by atoms with Crippen LogP contribution in [0.25, 0.3) is 10.2 Å². The normalized spacial score (nSPS) is 20.9. The number of urea groups is 1. The maximum atomic E-state index is 15.0. The minimum Gasteiger partial charge on any atom is -0.390 e. The number of carbonyl (C=O) groups excluding carboxylic acids is 1. The Morgan fingerprint density at radius 2 is 2.12 bits per heavy atom. The number of hydrogen-bond acceptors (Lipinski definition) is 7. The van der Waals surface area contributed by atoms with Crippen molar-refractivity contribution in [1.82, 2.24) is 20.2 Å². The summed E-state index contributed by atoms with van der Waals surface area (Å²) in [6, 6.07) is 3.85. The fourth-order valence-corrected chi connectivity index (χ4v) is 4.62. The number of hydrogen-bond donors (Lipinski definition) is 4. The van der Waals surface area contributed by atoms with Crippen LogP contribution in [0.1, 0.15) is 37.3 Å². The molecule has 0 aliphatic carbocycles. The molecule has 3 heterocycles. The predicted octanol–water partition coefficient (Wildman–Crippen LogP) is 2.95. The number of fused-ring (bicyclic) bond motifs is 1. The van der Waals surface area contributed by atoms with Gasteiger partial charge in [-0.15, -0.1) is 0 Å². The van der Waals surface area contributed by atoms with Crippen molar-refractivity contribution in [3.8, 4) is 0 Å². The Balaban J connectivity index is 1.60. The summed E-state index contributed by atoms with van der Waals surface area (Å²) in [7, 11) is 0. The number of halogens is 2. The molecular weight excluding hydrogens is 440 g/mol. The molecule has 1 aliphatic rings. The van der Waals surface area contributed by atoms with E-state index in [-0.39, 0.29) is 17.3 Å². The van der Waals surface area contributed by atoms with E-state index >= 15 is 0 Å². The van der Waals surface area contributed by atoms with E-state index in [1.54, 1.807) is 6.07 Å². The average Bonchev–Trinajstić information content (AvgIpc) is 3.14. The topological polar surface area (TPSA) is 111 Å². The molecule has 0 bridgehead atoms. The molecule has 4 N–H and O–H groups in total. The van der Waals surface area contributed by atoms with Gasteiger partial charge in [-0.1, -0.05) is 11.3 Å². The van der Waals surface area contributed by atoms with E-state index < -0.39 is 35.9 Å². The van der Waals surface area contributed by atoms with Crippen LogP contribution in [0.4, 0.5) is 18.7 Å². The molecule has 3 aromatic rings. The Bertz CT molecular complexity index is 1140. The molecule has 170 valence electrons. The molecule has 1 saturated heterocycles. The average molecular weight is 464 g/mol. The minimum atomic E-state index is -1.27. The summed E-state index contributed by atoms with van der Waals surface area (Å²) < 4.78 is 29.1. The Morgan fingerprint density at radius 1 is 1.34 bits per heavy atom. The number of nitrogens with one attached hydrogen (secondary N) is 2. The fourth-order valence-electron chi connectivity index (χ4n) is 3.78. The number of aromatic nitrogens is 2. The van der Waals surface area contributed by atoms with E-state index in [4.69, 9.17) is 0 Å². The standard InChI is InChI=1S/C21H23F2N5O3S/c1-10-18(17-14(23)7-12(9-25-17)19(30)11(2)29)28(6-5-24-10)21(31)27-20-26-15-8-13(22)3-4-16(15)32-20/h3-4,7-11,18-19,24,29-30H,5-6H2,1-2H3,(H,26,27,31)/t10?,11-,18?,19+/m1/s1. The lowest BCUT2D eigenvalue weighted by Gasteiger charge is -2.40. The van der Waals surface area contributed by atoms with Gasteiger partial charge in [-0.3, -0.25) is 10.3 Å². The molecule has 2 aromatic heterocycles. The molecule has 32 heavy (non-hydrogen) atoms. The largest absolute Gasteiger partial charge is 0.390 e. The fraction of sp³-hybridized carbons (Fsp3) is 0.381. The first-order valence-electron chi connectivity index (χ1n) is 10.1. The molecule has 1 aliphatic heterocycles. The maximum absolute atomic E-state index is 15.0. The summed E-state index contributed by atoms with van der Waals surface area (Å²) in [6.07, 6.45) is -1.05. The van der Waals surface area contributed by atoms with Gasteiger partial charge in [0.2, 0.25) is 0 Å². The Morgan fingerprint density at radius 3 is 2.84 bits per heavy atom. The number of carbonyl (C=O) groups is 1. The van der Waals surface area contributed by atoms with Crippen LogP contribution in [0.3, 0.4) is 0 Å². The van der Waals surface area contributed by atoms with Gasteiger partial charge in [-0.25, -0.2) is 18.6 Å². The van der Waals surface area contributed by atoms with Gasteiger partial charge >= 0.3 is 6.03 Å². The summed E-state index contributed by atoms with van der Waals surface area (Å²) in [6.45, 7) is 4.03. The summed E-state index contributed by atoms with van der Waals surface area (Å²) in [5.74, 6) is -1.10. The lowest BCUT2D eigenvalue weighted by molar-refractivity contribution is 0.0300. The van der Waals surface area contributed by atoms with Gasteiger partial charge in [0.1, 0.15) is 23.4 Å². The Kier molecular flexibility index (Phi) is 6.33. The van der Waals surface area contributed by atoms with Crippen molar-refractivity contribution in [2.75, 3.05) is 18.4 Å². The molecule has 0 radical (unpaired) electrons. The van der Waals surface area contributed by atoms with Crippen LogP contribution in [0.5, 0.6) is 0 Å². The highest BCUT2D eigenvalue weighted by Crippen LogP contribution is 2.31. The molecule has 8 nitrogen and oxygen atoms in total. The van der Waals surface area contributed by atoms with Crippen LogP contribution < -0.4 is 10.6 Å². The van der Waals surface area contributed by atoms with Gasteiger partial charge in [0.05, 0.1) is 22.4 Å². The van der Waals surface area contributed by atoms with Gasteiger partial charge in [-0.05, 0) is 32.0 Å². The third-order valence-electron chi connectivity index (χ3n) is 5.42. The number of pyridine rings is 1. The third kappa shape index (κ3) is 4.42. The number of aliphatic hydroxyl groups excluding tert-OH is 2. The minimum absolute atomic E-state index is 0.0489. The summed E-state index contributed by atoms with van der Waals surface area (Å²) >= 11 is 1.21. The SMILES string of the molecule is CC1NCCN(C(=O)Nc2nc3cc(F)ccc3s2)C1c1ncc([C@@H](O)[C@@H](C)O)cc1F. The summed E-state index contributed by atoms with van der Waals surface area (Å²) in [4.78, 5) is 23.0. The molecular formula is C21H23F2N5O3S. The zero-order valence-electron chi connectivity index (χ0n) is 17.4. The van der Waals surface area contributed by atoms with Gasteiger partial charge in [0.15, 0.2) is 5.13 Å². The number of aliphatic hydroxyl groups is 2. The monoisotopic (exact) mass is 463 g/mol. The van der Waals surface area contributed by atoms with Crippen molar-refractivity contribution in [3.05, 3.63) is 53.4 Å². The molecule has 4 rings (SSSR count). The van der Waals surface area contributed by atoms with Crippen LogP contribution in [-0.2, 0) is 0 Å². The van der Waals surface area contributed by atoms with E-state index in [0.29, 0.717) is 23.7 Å². The maximum Gasteiger partial charge on any atom is 0.324 e. The van der Waals surface area contributed by atoms with E-state index in [2.05, 4.69) is 20.6 Å². The first-order chi connectivity index (χ1) is 15.2. The van der Waals surface area contributed by atoms with Crippen LogP contribution in [0.15, 0.2) is 30.5 Å². The molecule has 1 fully saturated rings. The third-order valence-corrected chi connectivity index (χ3v) is 6.37. The van der Waals surface area contributed by atoms with Gasteiger partial charge < -0.3 is 20.4 Å². The van der Waals surface area contributed by atoms with Gasteiger partial charge in [-0.2, -0.15) is 0 Å². The number of rotatable bonds is 4. The number of thiazole rings is 1. The summed E-state index contributed by atoms with van der Waals surface area (Å²) in [5, 5.41) is 25.8. The molecule has 0 saturated carbocycles. The number of amides is 2. The number of benzene rings is 1. The van der Waals surface area contributed by atoms with Gasteiger partial charge in [0.25, 0.3) is 0 Å². The molecule has 1 aromatic carbocycles. The number of nitrogens with zero attached hydrogens (tertiary/aromatic N) is 3. The van der Waals surface area contributed by atoms with E-state index in [9.17, 15) is 23.8 Å². The number of anilines is 1. The highest BCUT2D eigenvalue weighted by molar-refractivity contribution is 7.22. The van der Waals surface area contributed by atoms with Crippen molar-refractivity contribution in [3.63, 3.8) is 0 Å². The molecule has 4 atom stereocenters. The van der Waals surface area contributed by atoms with E-state index in [1.165, 1.54) is 41.5 Å². The van der Waals surface area contributed by atoms with Crippen LogP contribution >= 0.6 is 11.3 Å². The Hall–Kier alpha value is -2.73. The van der Waals surface area contributed by atoms with Crippen LogP contribution in [-0.4, -0.2) is 56.3 Å².